The predicted molar refractivity (Wildman–Crippen MR) is 80.3 cm³/mol. The van der Waals surface area contributed by atoms with Gasteiger partial charge in [-0.1, -0.05) is 38.1 Å². The highest BCUT2D eigenvalue weighted by Crippen LogP contribution is 2.31. The number of fused-ring (bicyclic) bond motifs is 1. The van der Waals surface area contributed by atoms with E-state index >= 15 is 0 Å². The lowest BCUT2D eigenvalue weighted by Gasteiger charge is -2.18. The molecule has 4 nitrogen and oxygen atoms in total. The van der Waals surface area contributed by atoms with Crippen molar-refractivity contribution in [3.63, 3.8) is 0 Å². The van der Waals surface area contributed by atoms with Crippen LogP contribution in [0.5, 0.6) is 5.75 Å². The normalized spacial score (nSPS) is 12.0. The van der Waals surface area contributed by atoms with Gasteiger partial charge in [0, 0.05) is 10.8 Å². The van der Waals surface area contributed by atoms with Crippen molar-refractivity contribution in [2.45, 2.75) is 37.7 Å². The molecule has 0 spiro atoms. The van der Waals surface area contributed by atoms with Crippen molar-refractivity contribution in [3.8, 4) is 5.75 Å². The molecule has 0 radical (unpaired) electrons. The Kier molecular flexibility index (Phi) is 4.30. The van der Waals surface area contributed by atoms with E-state index in [0.29, 0.717) is 11.1 Å². The Morgan fingerprint density at radius 1 is 1.05 bits per heavy atom. The van der Waals surface area contributed by atoms with Crippen LogP contribution in [0.4, 0.5) is 0 Å². The first kappa shape index (κ1) is 14.8. The first-order valence-corrected chi connectivity index (χ1v) is 8.23. The number of hydrogen-bond donors (Lipinski definition) is 1. The smallest absolute Gasteiger partial charge is 0.238 e. The largest absolute Gasteiger partial charge is 0.490 e. The molecule has 0 unspecified atom stereocenters. The maximum absolute atomic E-state index is 11.6. The molecule has 108 valence electrons. The summed E-state index contributed by atoms with van der Waals surface area (Å²) < 4.78 is 29.2. The van der Waals surface area contributed by atoms with Gasteiger partial charge in [-0.3, -0.25) is 0 Å². The summed E-state index contributed by atoms with van der Waals surface area (Å²) in [7, 11) is -3.74. The van der Waals surface area contributed by atoms with Crippen molar-refractivity contribution < 1.29 is 13.2 Å². The van der Waals surface area contributed by atoms with Crippen molar-refractivity contribution >= 4 is 20.8 Å². The quantitative estimate of drug-likeness (QED) is 0.921. The molecule has 0 heterocycles. The number of nitrogens with two attached hydrogens (primary N) is 1. The molecule has 0 aliphatic heterocycles. The molecule has 0 fully saturated rings. The molecule has 0 bridgehead atoms. The van der Waals surface area contributed by atoms with Crippen molar-refractivity contribution in [2.24, 2.45) is 5.14 Å². The first-order chi connectivity index (χ1) is 9.47. The molecule has 0 amide bonds. The highest BCUT2D eigenvalue weighted by molar-refractivity contribution is 7.89. The van der Waals surface area contributed by atoms with Crippen molar-refractivity contribution in [1.29, 1.82) is 0 Å². The summed E-state index contributed by atoms with van der Waals surface area (Å²) >= 11 is 0. The van der Waals surface area contributed by atoms with Gasteiger partial charge in [0.1, 0.15) is 5.75 Å². The van der Waals surface area contributed by atoms with E-state index in [-0.39, 0.29) is 11.0 Å². The van der Waals surface area contributed by atoms with E-state index in [1.165, 1.54) is 6.07 Å². The summed E-state index contributed by atoms with van der Waals surface area (Å²) in [6.07, 6.45) is 1.93. The summed E-state index contributed by atoms with van der Waals surface area (Å²) in [6.45, 7) is 4.13. The second kappa shape index (κ2) is 5.81. The van der Waals surface area contributed by atoms with Gasteiger partial charge in [0.05, 0.1) is 11.0 Å². The number of sulfonamides is 1. The fourth-order valence-electron chi connectivity index (χ4n) is 2.23. The van der Waals surface area contributed by atoms with Gasteiger partial charge in [0.15, 0.2) is 0 Å². The topological polar surface area (TPSA) is 69.4 Å². The molecule has 2 aromatic carbocycles. The van der Waals surface area contributed by atoms with Gasteiger partial charge in [-0.15, -0.1) is 0 Å². The van der Waals surface area contributed by atoms with Crippen LogP contribution in [0.2, 0.25) is 0 Å². The van der Waals surface area contributed by atoms with Crippen LogP contribution in [0.25, 0.3) is 10.8 Å². The van der Waals surface area contributed by atoms with E-state index in [1.54, 1.807) is 18.2 Å². The maximum Gasteiger partial charge on any atom is 0.238 e. The predicted octanol–water partition coefficient (Wildman–Crippen LogP) is 3.05. The highest BCUT2D eigenvalue weighted by atomic mass is 32.2. The zero-order valence-corrected chi connectivity index (χ0v) is 12.5. The van der Waals surface area contributed by atoms with E-state index < -0.39 is 10.0 Å². The molecule has 0 saturated heterocycles. The molecule has 0 atom stereocenters. The Balaban J connectivity index is 2.60. The van der Waals surface area contributed by atoms with Crippen LogP contribution in [0.3, 0.4) is 0 Å². The molecule has 2 rings (SSSR count). The number of hydrogen-bond acceptors (Lipinski definition) is 3. The van der Waals surface area contributed by atoms with Crippen LogP contribution in [-0.2, 0) is 10.0 Å². The minimum absolute atomic E-state index is 0.124. The van der Waals surface area contributed by atoms with Crippen LogP contribution in [0.1, 0.15) is 26.7 Å². The van der Waals surface area contributed by atoms with Crippen molar-refractivity contribution in [3.05, 3.63) is 36.4 Å². The summed E-state index contributed by atoms with van der Waals surface area (Å²) in [5, 5.41) is 6.62. The lowest BCUT2D eigenvalue weighted by Crippen LogP contribution is -2.15. The molecular weight excluding hydrogens is 274 g/mol. The monoisotopic (exact) mass is 293 g/mol. The summed E-state index contributed by atoms with van der Waals surface area (Å²) in [6, 6.07) is 10.4. The lowest BCUT2D eigenvalue weighted by atomic mass is 10.1. The summed E-state index contributed by atoms with van der Waals surface area (Å²) in [4.78, 5) is 0.130. The average molecular weight is 293 g/mol. The average Bonchev–Trinajstić information content (AvgIpc) is 2.43. The number of primary sulfonamides is 1. The van der Waals surface area contributed by atoms with Gasteiger partial charge in [-0.25, -0.2) is 13.6 Å². The Morgan fingerprint density at radius 3 is 2.20 bits per heavy atom. The van der Waals surface area contributed by atoms with Gasteiger partial charge < -0.3 is 4.74 Å². The van der Waals surface area contributed by atoms with Crippen LogP contribution in [0.15, 0.2) is 41.3 Å². The highest BCUT2D eigenvalue weighted by Gasteiger charge is 2.16. The van der Waals surface area contributed by atoms with E-state index in [9.17, 15) is 8.42 Å². The lowest BCUT2D eigenvalue weighted by molar-refractivity contribution is 0.195. The van der Waals surface area contributed by atoms with Crippen LogP contribution in [-0.4, -0.2) is 14.5 Å². The van der Waals surface area contributed by atoms with Crippen LogP contribution in [0, 0.1) is 0 Å². The molecule has 0 aliphatic carbocycles. The molecule has 0 saturated carbocycles. The number of benzene rings is 2. The van der Waals surface area contributed by atoms with E-state index in [2.05, 4.69) is 13.8 Å². The Hall–Kier alpha value is -1.59. The molecule has 2 aromatic rings. The SMILES string of the molecule is CCC(CC)Oc1ccc(S(N)(=O)=O)c2ccccc12. The second-order valence-electron chi connectivity index (χ2n) is 4.71. The van der Waals surface area contributed by atoms with Crippen molar-refractivity contribution in [1.82, 2.24) is 0 Å². The zero-order chi connectivity index (χ0) is 14.8. The molecule has 5 heteroatoms. The van der Waals surface area contributed by atoms with Gasteiger partial charge in [-0.05, 0) is 25.0 Å². The van der Waals surface area contributed by atoms with Gasteiger partial charge >= 0.3 is 0 Å². The Bertz CT molecular complexity index is 706. The minimum Gasteiger partial charge on any atom is -0.490 e. The van der Waals surface area contributed by atoms with Crippen LogP contribution < -0.4 is 9.88 Å². The van der Waals surface area contributed by atoms with Gasteiger partial charge in [0.25, 0.3) is 0 Å². The Labute approximate surface area is 119 Å². The number of rotatable bonds is 5. The Morgan fingerprint density at radius 2 is 1.65 bits per heavy atom. The third-order valence-electron chi connectivity index (χ3n) is 3.35. The zero-order valence-electron chi connectivity index (χ0n) is 11.7. The molecule has 0 aliphatic rings. The third-order valence-corrected chi connectivity index (χ3v) is 4.32. The fraction of sp³-hybridized carbons (Fsp3) is 0.333. The maximum atomic E-state index is 11.6. The molecular formula is C15H19NO3S. The number of ether oxygens (including phenoxy) is 1. The second-order valence-corrected chi connectivity index (χ2v) is 6.24. The van der Waals surface area contributed by atoms with E-state index in [0.717, 1.165) is 18.2 Å². The fourth-order valence-corrected chi connectivity index (χ4v) is 2.97. The first-order valence-electron chi connectivity index (χ1n) is 6.68. The molecule has 0 aromatic heterocycles. The third kappa shape index (κ3) is 2.94. The summed E-state index contributed by atoms with van der Waals surface area (Å²) in [5.74, 6) is 0.696. The van der Waals surface area contributed by atoms with Gasteiger partial charge in [-0.2, -0.15) is 0 Å². The van der Waals surface area contributed by atoms with Gasteiger partial charge in [0.2, 0.25) is 10.0 Å². The minimum atomic E-state index is -3.74. The van der Waals surface area contributed by atoms with Crippen LogP contribution >= 0.6 is 0 Å². The summed E-state index contributed by atoms with van der Waals surface area (Å²) in [5.41, 5.74) is 0. The van der Waals surface area contributed by atoms with E-state index in [4.69, 9.17) is 9.88 Å². The molecule has 20 heavy (non-hydrogen) atoms. The molecule has 2 N–H and O–H groups in total. The van der Waals surface area contributed by atoms with Crippen molar-refractivity contribution in [2.75, 3.05) is 0 Å². The standard InChI is InChI=1S/C15H19NO3S/c1-3-11(4-2)19-14-9-10-15(20(16,17)18)13-8-6-5-7-12(13)14/h5-11H,3-4H2,1-2H3,(H2,16,17,18). The van der Waals surface area contributed by atoms with E-state index in [1.807, 2.05) is 12.1 Å².